The van der Waals surface area contributed by atoms with E-state index in [0.717, 1.165) is 36.1 Å². The normalized spacial score (nSPS) is 17.2. The van der Waals surface area contributed by atoms with Crippen LogP contribution in [-0.4, -0.2) is 62.5 Å². The van der Waals surface area contributed by atoms with E-state index in [1.54, 1.807) is 7.05 Å². The molecule has 1 aliphatic heterocycles. The summed E-state index contributed by atoms with van der Waals surface area (Å²) < 4.78 is 25.6. The molecule has 0 aliphatic carbocycles. The van der Waals surface area contributed by atoms with Crippen molar-refractivity contribution in [2.75, 3.05) is 38.3 Å². The third kappa shape index (κ3) is 5.84. The van der Waals surface area contributed by atoms with Gasteiger partial charge in [-0.1, -0.05) is 15.9 Å². The number of likely N-dealkylation sites (tertiary alicyclic amines) is 1. The summed E-state index contributed by atoms with van der Waals surface area (Å²) in [5.41, 5.74) is 0.789. The molecule has 0 unspecified atom stereocenters. The number of carbonyl (C=O) groups is 1. The Morgan fingerprint density at radius 2 is 1.88 bits per heavy atom. The SMILES string of the molecule is CN(C1CCN(CCC(=O)Nc2ccc(Br)cc2)CC1)S(C)(=O)=O. The van der Waals surface area contributed by atoms with Crippen molar-refractivity contribution in [2.24, 2.45) is 0 Å². The third-order valence-electron chi connectivity index (χ3n) is 4.38. The first kappa shape index (κ1) is 19.4. The molecule has 1 aromatic rings. The lowest BCUT2D eigenvalue weighted by molar-refractivity contribution is -0.116. The lowest BCUT2D eigenvalue weighted by Gasteiger charge is -2.35. The Kier molecular flexibility index (Phi) is 6.79. The predicted molar refractivity (Wildman–Crippen MR) is 99.5 cm³/mol. The Morgan fingerprint density at radius 1 is 1.29 bits per heavy atom. The van der Waals surface area contributed by atoms with Crippen LogP contribution >= 0.6 is 15.9 Å². The molecule has 0 atom stereocenters. The molecule has 0 radical (unpaired) electrons. The topological polar surface area (TPSA) is 69.7 Å². The summed E-state index contributed by atoms with van der Waals surface area (Å²) in [5.74, 6) is -0.00676. The maximum absolute atomic E-state index is 12.0. The molecular formula is C16H24BrN3O3S. The molecule has 1 aliphatic rings. The maximum atomic E-state index is 12.0. The van der Waals surface area contributed by atoms with Crippen molar-refractivity contribution >= 4 is 37.5 Å². The number of amides is 1. The Hall–Kier alpha value is -0.960. The van der Waals surface area contributed by atoms with Gasteiger partial charge in [0.1, 0.15) is 0 Å². The average Bonchev–Trinajstić information content (AvgIpc) is 2.54. The molecule has 0 saturated carbocycles. The molecule has 0 aromatic heterocycles. The van der Waals surface area contributed by atoms with Gasteiger partial charge in [-0.25, -0.2) is 12.7 Å². The summed E-state index contributed by atoms with van der Waals surface area (Å²) in [6.45, 7) is 2.32. The maximum Gasteiger partial charge on any atom is 0.225 e. The highest BCUT2D eigenvalue weighted by Crippen LogP contribution is 2.18. The van der Waals surface area contributed by atoms with Crippen molar-refractivity contribution in [3.05, 3.63) is 28.7 Å². The van der Waals surface area contributed by atoms with Gasteiger partial charge in [0.25, 0.3) is 0 Å². The fourth-order valence-electron chi connectivity index (χ4n) is 2.79. The highest BCUT2D eigenvalue weighted by Gasteiger charge is 2.27. The number of anilines is 1. The van der Waals surface area contributed by atoms with E-state index in [-0.39, 0.29) is 11.9 Å². The van der Waals surface area contributed by atoms with Gasteiger partial charge in [-0.15, -0.1) is 0 Å². The summed E-state index contributed by atoms with van der Waals surface area (Å²) in [5, 5.41) is 2.88. The van der Waals surface area contributed by atoms with Gasteiger partial charge in [-0.2, -0.15) is 0 Å². The number of rotatable bonds is 6. The van der Waals surface area contributed by atoms with Crippen LogP contribution in [0.5, 0.6) is 0 Å². The minimum absolute atomic E-state index is 0.00676. The third-order valence-corrected chi connectivity index (χ3v) is 6.25. The zero-order valence-corrected chi connectivity index (χ0v) is 16.4. The fourth-order valence-corrected chi connectivity index (χ4v) is 3.81. The van der Waals surface area contributed by atoms with E-state index in [2.05, 4.69) is 26.1 Å². The summed E-state index contributed by atoms with van der Waals surface area (Å²) in [7, 11) is -1.50. The van der Waals surface area contributed by atoms with E-state index in [4.69, 9.17) is 0 Å². The number of nitrogens with zero attached hydrogens (tertiary/aromatic N) is 2. The van der Waals surface area contributed by atoms with E-state index in [1.165, 1.54) is 10.6 Å². The molecule has 1 heterocycles. The summed E-state index contributed by atoms with van der Waals surface area (Å²) in [6, 6.07) is 7.55. The molecule has 24 heavy (non-hydrogen) atoms. The molecule has 6 nitrogen and oxygen atoms in total. The molecule has 1 amide bonds. The second-order valence-electron chi connectivity index (χ2n) is 6.16. The first-order chi connectivity index (χ1) is 11.3. The van der Waals surface area contributed by atoms with Crippen molar-refractivity contribution in [2.45, 2.75) is 25.3 Å². The van der Waals surface area contributed by atoms with E-state index in [1.807, 2.05) is 24.3 Å². The Labute approximate surface area is 152 Å². The molecule has 1 fully saturated rings. The fraction of sp³-hybridized carbons (Fsp3) is 0.562. The van der Waals surface area contributed by atoms with Crippen LogP contribution in [0.1, 0.15) is 19.3 Å². The second-order valence-corrected chi connectivity index (χ2v) is 9.11. The predicted octanol–water partition coefficient (Wildman–Crippen LogP) is 2.13. The zero-order valence-electron chi connectivity index (χ0n) is 14.0. The molecule has 1 saturated heterocycles. The minimum atomic E-state index is -3.14. The average molecular weight is 418 g/mol. The van der Waals surface area contributed by atoms with Gasteiger partial charge in [0, 0.05) is 36.2 Å². The van der Waals surface area contributed by atoms with Crippen LogP contribution < -0.4 is 5.32 Å². The van der Waals surface area contributed by atoms with Crippen molar-refractivity contribution in [3.8, 4) is 0 Å². The first-order valence-electron chi connectivity index (χ1n) is 7.96. The van der Waals surface area contributed by atoms with Crippen LogP contribution in [0.3, 0.4) is 0 Å². The van der Waals surface area contributed by atoms with Gasteiger partial charge in [-0.05, 0) is 50.2 Å². The number of halogens is 1. The van der Waals surface area contributed by atoms with E-state index >= 15 is 0 Å². The number of benzene rings is 1. The Morgan fingerprint density at radius 3 is 2.42 bits per heavy atom. The van der Waals surface area contributed by atoms with Crippen LogP contribution in [0.15, 0.2) is 28.7 Å². The molecular weight excluding hydrogens is 394 g/mol. The second kappa shape index (κ2) is 8.42. The van der Waals surface area contributed by atoms with Crippen LogP contribution in [0.2, 0.25) is 0 Å². The molecule has 2 rings (SSSR count). The van der Waals surface area contributed by atoms with Crippen LogP contribution in [0.4, 0.5) is 5.69 Å². The molecule has 1 aromatic carbocycles. The molecule has 1 N–H and O–H groups in total. The summed E-state index contributed by atoms with van der Waals surface area (Å²) in [6.07, 6.45) is 3.28. The van der Waals surface area contributed by atoms with Crippen molar-refractivity contribution in [1.29, 1.82) is 0 Å². The molecule has 0 spiro atoms. The number of hydrogen-bond donors (Lipinski definition) is 1. The summed E-state index contributed by atoms with van der Waals surface area (Å²) in [4.78, 5) is 14.2. The highest BCUT2D eigenvalue weighted by molar-refractivity contribution is 9.10. The van der Waals surface area contributed by atoms with Gasteiger partial charge < -0.3 is 10.2 Å². The minimum Gasteiger partial charge on any atom is -0.326 e. The molecule has 0 bridgehead atoms. The lowest BCUT2D eigenvalue weighted by atomic mass is 10.1. The van der Waals surface area contributed by atoms with Gasteiger partial charge in [0.15, 0.2) is 0 Å². The van der Waals surface area contributed by atoms with Gasteiger partial charge in [-0.3, -0.25) is 4.79 Å². The number of carbonyl (C=O) groups excluding carboxylic acids is 1. The number of nitrogens with one attached hydrogen (secondary N) is 1. The summed E-state index contributed by atoms with van der Waals surface area (Å²) >= 11 is 3.36. The van der Waals surface area contributed by atoms with Crippen LogP contribution in [0, 0.1) is 0 Å². The molecule has 8 heteroatoms. The number of piperidine rings is 1. The van der Waals surface area contributed by atoms with E-state index in [9.17, 15) is 13.2 Å². The number of sulfonamides is 1. The van der Waals surface area contributed by atoms with E-state index < -0.39 is 10.0 Å². The monoisotopic (exact) mass is 417 g/mol. The van der Waals surface area contributed by atoms with Crippen molar-refractivity contribution in [3.63, 3.8) is 0 Å². The van der Waals surface area contributed by atoms with Crippen LogP contribution in [0.25, 0.3) is 0 Å². The smallest absolute Gasteiger partial charge is 0.225 e. The zero-order chi connectivity index (χ0) is 17.7. The first-order valence-corrected chi connectivity index (χ1v) is 10.6. The van der Waals surface area contributed by atoms with Crippen molar-refractivity contribution in [1.82, 2.24) is 9.21 Å². The van der Waals surface area contributed by atoms with E-state index in [0.29, 0.717) is 13.0 Å². The Bertz CT molecular complexity index is 656. The number of hydrogen-bond acceptors (Lipinski definition) is 4. The largest absolute Gasteiger partial charge is 0.326 e. The lowest BCUT2D eigenvalue weighted by Crippen LogP contribution is -2.45. The van der Waals surface area contributed by atoms with Gasteiger partial charge in [0.2, 0.25) is 15.9 Å². The van der Waals surface area contributed by atoms with Crippen molar-refractivity contribution < 1.29 is 13.2 Å². The quantitative estimate of drug-likeness (QED) is 0.769. The van der Waals surface area contributed by atoms with Crippen LogP contribution in [-0.2, 0) is 14.8 Å². The van der Waals surface area contributed by atoms with Gasteiger partial charge >= 0.3 is 0 Å². The Balaban J connectivity index is 1.72. The molecule has 134 valence electrons. The van der Waals surface area contributed by atoms with Gasteiger partial charge in [0.05, 0.1) is 6.26 Å². The highest BCUT2D eigenvalue weighted by atomic mass is 79.9. The standard InChI is InChI=1S/C16H24BrN3O3S/c1-19(24(2,22)23)15-7-10-20(11-8-15)12-9-16(21)18-14-5-3-13(17)4-6-14/h3-6,15H,7-12H2,1-2H3,(H,18,21).